The van der Waals surface area contributed by atoms with E-state index in [1.54, 1.807) is 32.0 Å². The van der Waals surface area contributed by atoms with Gasteiger partial charge < -0.3 is 19.7 Å². The molecule has 37 heavy (non-hydrogen) atoms. The van der Waals surface area contributed by atoms with Crippen LogP contribution in [0.15, 0.2) is 47.3 Å². The number of nitrogens with zero attached hydrogens (tertiary/aromatic N) is 3. The first kappa shape index (κ1) is 27.8. The highest BCUT2D eigenvalue weighted by Crippen LogP contribution is 2.36. The number of benzene rings is 1. The summed E-state index contributed by atoms with van der Waals surface area (Å²) in [5.74, 6) is -2.75. The van der Waals surface area contributed by atoms with E-state index < -0.39 is 47.6 Å². The van der Waals surface area contributed by atoms with Crippen molar-refractivity contribution in [3.05, 3.63) is 64.8 Å². The smallest absolute Gasteiger partial charge is 0.421 e. The molecule has 1 aliphatic heterocycles. The summed E-state index contributed by atoms with van der Waals surface area (Å²) in [5.41, 5.74) is -0.851. The van der Waals surface area contributed by atoms with Crippen LogP contribution in [0.5, 0.6) is 5.88 Å². The number of alkyl halides is 3. The van der Waals surface area contributed by atoms with Gasteiger partial charge in [-0.05, 0) is 44.3 Å². The maximum atomic E-state index is 14.8. The molecule has 12 heteroatoms. The number of carbonyl (C=O) groups is 2. The summed E-state index contributed by atoms with van der Waals surface area (Å²) >= 11 is 0. The first-order valence-electron chi connectivity index (χ1n) is 11.3. The lowest BCUT2D eigenvalue weighted by Gasteiger charge is -2.20. The number of hydrogen-bond donors (Lipinski definition) is 1. The molecule has 0 spiro atoms. The summed E-state index contributed by atoms with van der Waals surface area (Å²) in [6, 6.07) is 4.87. The molecule has 2 heterocycles. The topological polar surface area (TPSA) is 93.1 Å². The minimum Gasteiger partial charge on any atom is -0.497 e. The van der Waals surface area contributed by atoms with E-state index >= 15 is 0 Å². The Morgan fingerprint density at radius 3 is 2.59 bits per heavy atom. The molecular weight excluding hydrogens is 496 g/mol. The molecular formula is C25H26F4N4O4. The number of aliphatic imine (C=N–C) groups is 1. The number of ether oxygens (including phenoxy) is 2. The van der Waals surface area contributed by atoms with Gasteiger partial charge in [-0.15, -0.1) is 0 Å². The second kappa shape index (κ2) is 12.0. The normalized spacial score (nSPS) is 15.5. The van der Waals surface area contributed by atoms with Crippen molar-refractivity contribution in [2.75, 3.05) is 39.2 Å². The molecule has 1 unspecified atom stereocenters. The second-order valence-corrected chi connectivity index (χ2v) is 8.38. The number of amides is 2. The molecule has 0 saturated carbocycles. The summed E-state index contributed by atoms with van der Waals surface area (Å²) in [4.78, 5) is 33.2. The predicted octanol–water partition coefficient (Wildman–Crippen LogP) is 3.98. The fraction of sp³-hybridized carbons (Fsp3) is 0.360. The maximum Gasteiger partial charge on any atom is 0.421 e. The number of aromatic nitrogens is 1. The molecule has 0 radical (unpaired) electrons. The minimum absolute atomic E-state index is 0.00503. The van der Waals surface area contributed by atoms with E-state index in [4.69, 9.17) is 9.47 Å². The van der Waals surface area contributed by atoms with E-state index in [9.17, 15) is 27.2 Å². The number of halogens is 4. The Morgan fingerprint density at radius 2 is 1.95 bits per heavy atom. The van der Waals surface area contributed by atoms with Crippen LogP contribution < -0.4 is 10.1 Å². The Kier molecular flexibility index (Phi) is 8.98. The molecule has 3 rings (SSSR count). The van der Waals surface area contributed by atoms with E-state index in [0.29, 0.717) is 24.5 Å². The number of dihydropyridines is 1. The van der Waals surface area contributed by atoms with Gasteiger partial charge in [-0.1, -0.05) is 12.1 Å². The maximum absolute atomic E-state index is 14.8. The summed E-state index contributed by atoms with van der Waals surface area (Å²) in [6.45, 7) is 2.43. The van der Waals surface area contributed by atoms with Crippen LogP contribution in [0.25, 0.3) is 0 Å². The number of nitrogens with one attached hydrogen (secondary N) is 1. The number of rotatable bonds is 10. The van der Waals surface area contributed by atoms with Crippen molar-refractivity contribution in [1.82, 2.24) is 9.88 Å². The highest BCUT2D eigenvalue weighted by atomic mass is 19.4. The Labute approximate surface area is 211 Å². The summed E-state index contributed by atoms with van der Waals surface area (Å²) < 4.78 is 65.9. The molecule has 0 aliphatic carbocycles. The minimum atomic E-state index is -4.76. The van der Waals surface area contributed by atoms with Gasteiger partial charge in [0.15, 0.2) is 0 Å². The monoisotopic (exact) mass is 522 g/mol. The van der Waals surface area contributed by atoms with Gasteiger partial charge in [0.05, 0.1) is 30.8 Å². The van der Waals surface area contributed by atoms with Gasteiger partial charge >= 0.3 is 6.18 Å². The van der Waals surface area contributed by atoms with Crippen LogP contribution in [-0.2, 0) is 26.9 Å². The van der Waals surface area contributed by atoms with E-state index in [2.05, 4.69) is 15.3 Å². The lowest BCUT2D eigenvalue weighted by atomic mass is 9.94. The molecule has 0 fully saturated rings. The van der Waals surface area contributed by atoms with Crippen LogP contribution in [0, 0.1) is 5.82 Å². The number of allylic oxidation sites excluding steroid dienone is 1. The second-order valence-electron chi connectivity index (χ2n) is 8.38. The molecule has 1 aliphatic rings. The lowest BCUT2D eigenvalue weighted by Crippen LogP contribution is -2.21. The molecule has 0 saturated heterocycles. The van der Waals surface area contributed by atoms with E-state index in [1.807, 2.05) is 0 Å². The van der Waals surface area contributed by atoms with Gasteiger partial charge in [0, 0.05) is 18.8 Å². The quantitative estimate of drug-likeness (QED) is 0.475. The predicted molar refractivity (Wildman–Crippen MR) is 128 cm³/mol. The van der Waals surface area contributed by atoms with Crippen LogP contribution in [-0.4, -0.2) is 61.8 Å². The average Bonchev–Trinajstić information content (AvgIpc) is 2.81. The largest absolute Gasteiger partial charge is 0.497 e. The Morgan fingerprint density at radius 1 is 1.19 bits per heavy atom. The molecule has 0 bridgehead atoms. The van der Waals surface area contributed by atoms with Crippen molar-refractivity contribution >= 4 is 23.7 Å². The molecule has 1 N–H and O–H groups in total. The number of likely N-dealkylation sites (N-methyl/N-ethyl adjacent to an activating group) is 1. The van der Waals surface area contributed by atoms with Crippen LogP contribution >= 0.6 is 0 Å². The zero-order valence-corrected chi connectivity index (χ0v) is 20.4. The van der Waals surface area contributed by atoms with Crippen LogP contribution in [0.4, 0.5) is 23.2 Å². The van der Waals surface area contributed by atoms with Gasteiger partial charge in [0.25, 0.3) is 5.91 Å². The zero-order valence-electron chi connectivity index (χ0n) is 20.4. The SMILES string of the molecule is CCOC1=CC(=O)N=CC1c1ccc(CC(=O)Nc2cnc(OCCN(C)C)c(C(F)(F)F)c2)c(F)c1. The first-order chi connectivity index (χ1) is 17.5. The van der Waals surface area contributed by atoms with Gasteiger partial charge in [-0.2, -0.15) is 13.2 Å². The molecule has 1 aromatic carbocycles. The van der Waals surface area contributed by atoms with E-state index in [-0.39, 0.29) is 17.9 Å². The van der Waals surface area contributed by atoms with Crippen LogP contribution in [0.2, 0.25) is 0 Å². The van der Waals surface area contributed by atoms with Crippen LogP contribution in [0.1, 0.15) is 29.5 Å². The first-order valence-corrected chi connectivity index (χ1v) is 11.3. The molecule has 1 atom stereocenters. The van der Waals surface area contributed by atoms with Crippen molar-refractivity contribution in [3.8, 4) is 5.88 Å². The van der Waals surface area contributed by atoms with E-state index in [0.717, 1.165) is 12.3 Å². The summed E-state index contributed by atoms with van der Waals surface area (Å²) in [7, 11) is 3.50. The number of carbonyl (C=O) groups excluding carboxylic acids is 2. The Bertz CT molecular complexity index is 1210. The van der Waals surface area contributed by atoms with Gasteiger partial charge in [-0.25, -0.2) is 14.4 Å². The molecule has 2 amide bonds. The summed E-state index contributed by atoms with van der Waals surface area (Å²) in [5, 5.41) is 2.32. The highest BCUT2D eigenvalue weighted by molar-refractivity contribution is 5.99. The third kappa shape index (κ3) is 7.59. The highest BCUT2D eigenvalue weighted by Gasteiger charge is 2.36. The number of pyridine rings is 1. The standard InChI is InChI=1S/C25H26F4N4O4/c1-4-36-21-12-22(34)30-14-18(21)15-5-6-16(20(26)9-15)10-23(35)32-17-11-19(25(27,28)29)24(31-13-17)37-8-7-33(2)3/h5-6,9,11-14,18H,4,7-8,10H2,1-3H3,(H,32,35). The van der Waals surface area contributed by atoms with Gasteiger partial charge in [-0.3, -0.25) is 9.59 Å². The van der Waals surface area contributed by atoms with Crippen molar-refractivity contribution in [2.24, 2.45) is 4.99 Å². The van der Waals surface area contributed by atoms with Crippen molar-refractivity contribution in [1.29, 1.82) is 0 Å². The van der Waals surface area contributed by atoms with Gasteiger partial charge in [0.2, 0.25) is 11.8 Å². The third-order valence-corrected chi connectivity index (χ3v) is 5.24. The Balaban J connectivity index is 1.71. The molecule has 2 aromatic rings. The fourth-order valence-electron chi connectivity index (χ4n) is 3.46. The van der Waals surface area contributed by atoms with Gasteiger partial charge in [0.1, 0.15) is 23.7 Å². The average molecular weight is 522 g/mol. The Hall–Kier alpha value is -3.80. The van der Waals surface area contributed by atoms with E-state index in [1.165, 1.54) is 24.4 Å². The van der Waals surface area contributed by atoms with Crippen molar-refractivity contribution in [2.45, 2.75) is 25.4 Å². The number of hydrogen-bond acceptors (Lipinski definition) is 6. The third-order valence-electron chi connectivity index (χ3n) is 5.24. The van der Waals surface area contributed by atoms with Crippen molar-refractivity contribution < 1.29 is 36.6 Å². The summed E-state index contributed by atoms with van der Waals surface area (Å²) in [6.07, 6.45) is -1.56. The molecule has 1 aromatic heterocycles. The zero-order chi connectivity index (χ0) is 27.2. The molecule has 8 nitrogen and oxygen atoms in total. The molecule has 198 valence electrons. The number of anilines is 1. The lowest BCUT2D eigenvalue weighted by molar-refractivity contribution is -0.139. The fourth-order valence-corrected chi connectivity index (χ4v) is 3.46. The van der Waals surface area contributed by atoms with Crippen LogP contribution in [0.3, 0.4) is 0 Å². The van der Waals surface area contributed by atoms with Crippen molar-refractivity contribution in [3.63, 3.8) is 0 Å².